The lowest BCUT2D eigenvalue weighted by Crippen LogP contribution is -2.33. The summed E-state index contributed by atoms with van der Waals surface area (Å²) in [6.07, 6.45) is 0. The number of carbonyl (C=O) groups is 2. The third-order valence-corrected chi connectivity index (χ3v) is 3.60. The summed E-state index contributed by atoms with van der Waals surface area (Å²) in [6, 6.07) is 12.5. The van der Waals surface area contributed by atoms with Gasteiger partial charge in [-0.3, -0.25) is 9.59 Å². The summed E-state index contributed by atoms with van der Waals surface area (Å²) in [5.74, 6) is -1.06. The largest absolute Gasteiger partial charge is 0.343 e. The Labute approximate surface area is 134 Å². The molecule has 2 amide bonds. The van der Waals surface area contributed by atoms with Gasteiger partial charge in [-0.25, -0.2) is 4.39 Å². The highest BCUT2D eigenvalue weighted by Crippen LogP contribution is 2.11. The van der Waals surface area contributed by atoms with E-state index >= 15 is 0 Å². The third-order valence-electron chi connectivity index (χ3n) is 2.66. The van der Waals surface area contributed by atoms with Crippen molar-refractivity contribution in [3.8, 4) is 0 Å². The van der Waals surface area contributed by atoms with Gasteiger partial charge in [0.25, 0.3) is 5.91 Å². The lowest BCUT2D eigenvalue weighted by molar-refractivity contribution is -0.115. The van der Waals surface area contributed by atoms with Crippen molar-refractivity contribution in [1.29, 1.82) is 0 Å². The highest BCUT2D eigenvalue weighted by atomic mass is 127. The molecule has 0 fully saturated rings. The van der Waals surface area contributed by atoms with Crippen molar-refractivity contribution in [2.24, 2.45) is 0 Å². The van der Waals surface area contributed by atoms with Crippen molar-refractivity contribution in [3.05, 3.63) is 63.5 Å². The van der Waals surface area contributed by atoms with Crippen molar-refractivity contribution >= 4 is 40.1 Å². The molecule has 0 saturated heterocycles. The van der Waals surface area contributed by atoms with E-state index in [2.05, 4.69) is 33.2 Å². The smallest absolute Gasteiger partial charge is 0.252 e. The van der Waals surface area contributed by atoms with Crippen molar-refractivity contribution in [3.63, 3.8) is 0 Å². The molecule has 108 valence electrons. The maximum atomic E-state index is 12.7. The highest BCUT2D eigenvalue weighted by Gasteiger charge is 2.10. The van der Waals surface area contributed by atoms with Crippen LogP contribution in [0.5, 0.6) is 0 Å². The standard InChI is InChI=1S/C15H12FIN2O2/c16-10-5-7-11(8-6-10)19-14(20)9-18-15(21)12-3-1-2-4-13(12)17/h1-8H,9H2,(H,18,21)(H,19,20). The zero-order chi connectivity index (χ0) is 15.2. The molecule has 2 aromatic rings. The van der Waals surface area contributed by atoms with Crippen LogP contribution in [0, 0.1) is 9.39 Å². The van der Waals surface area contributed by atoms with E-state index in [1.165, 1.54) is 24.3 Å². The molecule has 2 N–H and O–H groups in total. The molecule has 0 spiro atoms. The van der Waals surface area contributed by atoms with Gasteiger partial charge in [0.1, 0.15) is 5.82 Å². The summed E-state index contributed by atoms with van der Waals surface area (Å²) in [5, 5.41) is 5.11. The molecule has 6 heteroatoms. The average Bonchev–Trinajstić information content (AvgIpc) is 2.48. The van der Waals surface area contributed by atoms with Crippen LogP contribution in [0.25, 0.3) is 0 Å². The SMILES string of the molecule is O=C(CNC(=O)c1ccccc1I)Nc1ccc(F)cc1. The van der Waals surface area contributed by atoms with E-state index in [4.69, 9.17) is 0 Å². The van der Waals surface area contributed by atoms with Gasteiger partial charge in [0.05, 0.1) is 12.1 Å². The maximum Gasteiger partial charge on any atom is 0.252 e. The van der Waals surface area contributed by atoms with Gasteiger partial charge in [-0.2, -0.15) is 0 Å². The lowest BCUT2D eigenvalue weighted by Gasteiger charge is -2.08. The van der Waals surface area contributed by atoms with Gasteiger partial charge in [-0.1, -0.05) is 12.1 Å². The molecule has 0 aliphatic rings. The highest BCUT2D eigenvalue weighted by molar-refractivity contribution is 14.1. The molecule has 0 radical (unpaired) electrons. The number of carbonyl (C=O) groups excluding carboxylic acids is 2. The first-order valence-electron chi connectivity index (χ1n) is 6.14. The number of halogens is 2. The Bertz CT molecular complexity index is 659. The van der Waals surface area contributed by atoms with Crippen molar-refractivity contribution in [2.45, 2.75) is 0 Å². The van der Waals surface area contributed by atoms with Crippen LogP contribution in [-0.4, -0.2) is 18.4 Å². The predicted octanol–water partition coefficient (Wildman–Crippen LogP) is 2.80. The van der Waals surface area contributed by atoms with Crippen molar-refractivity contribution < 1.29 is 14.0 Å². The van der Waals surface area contributed by atoms with E-state index < -0.39 is 0 Å². The zero-order valence-corrected chi connectivity index (χ0v) is 13.1. The van der Waals surface area contributed by atoms with Gasteiger partial charge in [0.2, 0.25) is 5.91 Å². The molecule has 0 heterocycles. The minimum absolute atomic E-state index is 0.152. The van der Waals surface area contributed by atoms with Crippen LogP contribution in [0.4, 0.5) is 10.1 Å². The van der Waals surface area contributed by atoms with Crippen LogP contribution in [0.2, 0.25) is 0 Å². The molecule has 4 nitrogen and oxygen atoms in total. The second kappa shape index (κ2) is 7.16. The second-order valence-corrected chi connectivity index (χ2v) is 5.38. The Morgan fingerprint density at radius 2 is 1.71 bits per heavy atom. The monoisotopic (exact) mass is 398 g/mol. The number of hydrogen-bond acceptors (Lipinski definition) is 2. The fourth-order valence-corrected chi connectivity index (χ4v) is 2.27. The van der Waals surface area contributed by atoms with Crippen LogP contribution in [0.15, 0.2) is 48.5 Å². The van der Waals surface area contributed by atoms with E-state index in [-0.39, 0.29) is 24.2 Å². The quantitative estimate of drug-likeness (QED) is 0.779. The summed E-state index contributed by atoms with van der Waals surface area (Å²) < 4.78 is 13.5. The summed E-state index contributed by atoms with van der Waals surface area (Å²) in [5.41, 5.74) is 0.998. The molecular weight excluding hydrogens is 386 g/mol. The van der Waals surface area contributed by atoms with E-state index in [1.54, 1.807) is 12.1 Å². The zero-order valence-electron chi connectivity index (χ0n) is 10.9. The fourth-order valence-electron chi connectivity index (χ4n) is 1.64. The van der Waals surface area contributed by atoms with Crippen LogP contribution in [0.1, 0.15) is 10.4 Å². The molecule has 0 bridgehead atoms. The minimum Gasteiger partial charge on any atom is -0.343 e. The molecule has 0 atom stereocenters. The van der Waals surface area contributed by atoms with Gasteiger partial charge < -0.3 is 10.6 Å². The topological polar surface area (TPSA) is 58.2 Å². The van der Waals surface area contributed by atoms with Crippen molar-refractivity contribution in [1.82, 2.24) is 5.32 Å². The first kappa shape index (κ1) is 15.4. The molecule has 0 aliphatic carbocycles. The Morgan fingerprint density at radius 3 is 2.38 bits per heavy atom. The lowest BCUT2D eigenvalue weighted by atomic mass is 10.2. The summed E-state index contributed by atoms with van der Waals surface area (Å²) in [7, 11) is 0. The fraction of sp³-hybridized carbons (Fsp3) is 0.0667. The Hall–Kier alpha value is -1.96. The predicted molar refractivity (Wildman–Crippen MR) is 86.5 cm³/mol. The Balaban J connectivity index is 1.88. The van der Waals surface area contributed by atoms with Crippen LogP contribution in [-0.2, 0) is 4.79 Å². The van der Waals surface area contributed by atoms with Gasteiger partial charge in [-0.15, -0.1) is 0 Å². The van der Waals surface area contributed by atoms with Gasteiger partial charge in [0.15, 0.2) is 0 Å². The summed E-state index contributed by atoms with van der Waals surface area (Å²) >= 11 is 2.06. The summed E-state index contributed by atoms with van der Waals surface area (Å²) in [6.45, 7) is -0.152. The van der Waals surface area contributed by atoms with Gasteiger partial charge in [-0.05, 0) is 59.0 Å². The molecule has 2 rings (SSSR count). The molecule has 21 heavy (non-hydrogen) atoms. The molecule has 0 unspecified atom stereocenters. The summed E-state index contributed by atoms with van der Waals surface area (Å²) in [4.78, 5) is 23.6. The van der Waals surface area contributed by atoms with Gasteiger partial charge in [0, 0.05) is 9.26 Å². The molecule has 0 saturated carbocycles. The Morgan fingerprint density at radius 1 is 1.05 bits per heavy atom. The number of hydrogen-bond donors (Lipinski definition) is 2. The normalized spacial score (nSPS) is 10.0. The molecular formula is C15H12FIN2O2. The Kier molecular flexibility index (Phi) is 5.26. The average molecular weight is 398 g/mol. The number of benzene rings is 2. The third kappa shape index (κ3) is 4.52. The number of amides is 2. The van der Waals surface area contributed by atoms with Gasteiger partial charge >= 0.3 is 0 Å². The van der Waals surface area contributed by atoms with E-state index in [0.29, 0.717) is 11.3 Å². The number of nitrogens with one attached hydrogen (secondary N) is 2. The van der Waals surface area contributed by atoms with Crippen molar-refractivity contribution in [2.75, 3.05) is 11.9 Å². The maximum absolute atomic E-state index is 12.7. The minimum atomic E-state index is -0.375. The first-order valence-corrected chi connectivity index (χ1v) is 7.22. The molecule has 2 aromatic carbocycles. The second-order valence-electron chi connectivity index (χ2n) is 4.22. The molecule has 0 aliphatic heterocycles. The van der Waals surface area contributed by atoms with Crippen LogP contribution < -0.4 is 10.6 Å². The number of anilines is 1. The van der Waals surface area contributed by atoms with E-state index in [9.17, 15) is 14.0 Å². The van der Waals surface area contributed by atoms with E-state index in [1.807, 2.05) is 12.1 Å². The molecule has 0 aromatic heterocycles. The first-order chi connectivity index (χ1) is 10.1. The van der Waals surface area contributed by atoms with Crippen LogP contribution >= 0.6 is 22.6 Å². The number of rotatable bonds is 4. The van der Waals surface area contributed by atoms with Crippen LogP contribution in [0.3, 0.4) is 0 Å². The van der Waals surface area contributed by atoms with E-state index in [0.717, 1.165) is 3.57 Å².